The van der Waals surface area contributed by atoms with E-state index in [1.807, 2.05) is 0 Å². The molecule has 3 N–H and O–H groups in total. The SMILES string of the molecule is O=C(O)c1cc(F)c(NCCCCCO)c(F)c1. The summed E-state index contributed by atoms with van der Waals surface area (Å²) >= 11 is 0. The second-order valence-corrected chi connectivity index (χ2v) is 3.83. The van der Waals surface area contributed by atoms with Crippen LogP contribution >= 0.6 is 0 Å². The first-order valence-corrected chi connectivity index (χ1v) is 5.63. The summed E-state index contributed by atoms with van der Waals surface area (Å²) in [4.78, 5) is 10.6. The largest absolute Gasteiger partial charge is 0.478 e. The normalized spacial score (nSPS) is 10.4. The minimum Gasteiger partial charge on any atom is -0.478 e. The Labute approximate surface area is 103 Å². The van der Waals surface area contributed by atoms with Crippen LogP contribution in [-0.4, -0.2) is 29.3 Å². The van der Waals surface area contributed by atoms with Crippen LogP contribution in [0.3, 0.4) is 0 Å². The summed E-state index contributed by atoms with van der Waals surface area (Å²) in [5.74, 6) is -3.22. The third kappa shape index (κ3) is 3.96. The van der Waals surface area contributed by atoms with Gasteiger partial charge in [-0.1, -0.05) is 0 Å². The summed E-state index contributed by atoms with van der Waals surface area (Å²) in [6.07, 6.45) is 2.06. The van der Waals surface area contributed by atoms with Crippen molar-refractivity contribution in [3.8, 4) is 0 Å². The van der Waals surface area contributed by atoms with Gasteiger partial charge in [0.1, 0.15) is 17.3 Å². The van der Waals surface area contributed by atoms with E-state index < -0.39 is 23.2 Å². The molecule has 0 aliphatic heterocycles. The van der Waals surface area contributed by atoms with Crippen LogP contribution in [0, 0.1) is 11.6 Å². The highest BCUT2D eigenvalue weighted by Gasteiger charge is 2.13. The molecule has 0 atom stereocenters. The van der Waals surface area contributed by atoms with Gasteiger partial charge in [0.05, 0.1) is 5.56 Å². The molecule has 4 nitrogen and oxygen atoms in total. The first-order chi connectivity index (χ1) is 8.56. The zero-order chi connectivity index (χ0) is 13.5. The van der Waals surface area contributed by atoms with Crippen LogP contribution in [0.4, 0.5) is 14.5 Å². The summed E-state index contributed by atoms with van der Waals surface area (Å²) in [6, 6.07) is 1.56. The van der Waals surface area contributed by atoms with E-state index in [2.05, 4.69) is 5.32 Å². The number of hydrogen-bond donors (Lipinski definition) is 3. The van der Waals surface area contributed by atoms with Crippen LogP contribution in [0.15, 0.2) is 12.1 Å². The van der Waals surface area contributed by atoms with E-state index in [-0.39, 0.29) is 12.3 Å². The smallest absolute Gasteiger partial charge is 0.335 e. The molecular weight excluding hydrogens is 244 g/mol. The fourth-order valence-electron chi connectivity index (χ4n) is 1.49. The maximum atomic E-state index is 13.4. The number of benzene rings is 1. The van der Waals surface area contributed by atoms with Crippen molar-refractivity contribution in [2.75, 3.05) is 18.5 Å². The number of carboxylic acids is 1. The Hall–Kier alpha value is -1.69. The first kappa shape index (κ1) is 14.4. The molecule has 0 heterocycles. The van der Waals surface area contributed by atoms with E-state index in [0.717, 1.165) is 18.6 Å². The highest BCUT2D eigenvalue weighted by Crippen LogP contribution is 2.21. The van der Waals surface area contributed by atoms with Gasteiger partial charge in [-0.05, 0) is 31.4 Å². The monoisotopic (exact) mass is 259 g/mol. The Bertz CT molecular complexity index is 401. The molecule has 0 saturated carbocycles. The van der Waals surface area contributed by atoms with Crippen LogP contribution in [0.1, 0.15) is 29.6 Å². The molecular formula is C12H15F2NO3. The summed E-state index contributed by atoms with van der Waals surface area (Å²) in [5, 5.41) is 19.8. The number of carboxylic acid groups (broad SMARTS) is 1. The Kier molecular flexibility index (Phi) is 5.51. The van der Waals surface area contributed by atoms with E-state index in [0.29, 0.717) is 19.4 Å². The van der Waals surface area contributed by atoms with Gasteiger partial charge in [0.25, 0.3) is 0 Å². The molecule has 1 rings (SSSR count). The van der Waals surface area contributed by atoms with E-state index >= 15 is 0 Å². The maximum absolute atomic E-state index is 13.4. The van der Waals surface area contributed by atoms with Gasteiger partial charge in [-0.25, -0.2) is 13.6 Å². The molecule has 6 heteroatoms. The second kappa shape index (κ2) is 6.90. The zero-order valence-electron chi connectivity index (χ0n) is 9.75. The Balaban J connectivity index is 2.63. The summed E-state index contributed by atoms with van der Waals surface area (Å²) in [5.41, 5.74) is -0.736. The number of nitrogens with one attached hydrogen (secondary N) is 1. The molecule has 0 aromatic heterocycles. The zero-order valence-corrected chi connectivity index (χ0v) is 9.75. The van der Waals surface area contributed by atoms with Gasteiger partial charge in [-0.3, -0.25) is 0 Å². The number of hydrogen-bond acceptors (Lipinski definition) is 3. The topological polar surface area (TPSA) is 69.6 Å². The average molecular weight is 259 g/mol. The highest BCUT2D eigenvalue weighted by atomic mass is 19.1. The molecule has 0 aliphatic carbocycles. The van der Waals surface area contributed by atoms with Gasteiger partial charge in [0.15, 0.2) is 0 Å². The molecule has 100 valence electrons. The molecule has 0 aliphatic rings. The molecule has 1 aromatic carbocycles. The van der Waals surface area contributed by atoms with Crippen molar-refractivity contribution in [2.45, 2.75) is 19.3 Å². The van der Waals surface area contributed by atoms with Crippen molar-refractivity contribution in [3.63, 3.8) is 0 Å². The number of anilines is 1. The second-order valence-electron chi connectivity index (χ2n) is 3.83. The Morgan fingerprint density at radius 1 is 1.17 bits per heavy atom. The van der Waals surface area contributed by atoms with Gasteiger partial charge >= 0.3 is 5.97 Å². The Morgan fingerprint density at radius 2 is 1.78 bits per heavy atom. The van der Waals surface area contributed by atoms with Crippen molar-refractivity contribution in [1.29, 1.82) is 0 Å². The molecule has 1 aromatic rings. The van der Waals surface area contributed by atoms with Crippen LogP contribution < -0.4 is 5.32 Å². The summed E-state index contributed by atoms with van der Waals surface area (Å²) in [7, 11) is 0. The third-order valence-corrected chi connectivity index (χ3v) is 2.43. The quantitative estimate of drug-likeness (QED) is 0.657. The average Bonchev–Trinajstić information content (AvgIpc) is 2.31. The standard InChI is InChI=1S/C12H15F2NO3/c13-9-6-8(12(17)18)7-10(14)11(9)15-4-2-1-3-5-16/h6-7,15-16H,1-5H2,(H,17,18). The highest BCUT2D eigenvalue weighted by molar-refractivity contribution is 5.88. The van der Waals surface area contributed by atoms with E-state index in [9.17, 15) is 13.6 Å². The number of halogens is 2. The van der Waals surface area contributed by atoms with Crippen LogP contribution in [0.25, 0.3) is 0 Å². The van der Waals surface area contributed by atoms with Crippen molar-refractivity contribution >= 4 is 11.7 Å². The lowest BCUT2D eigenvalue weighted by atomic mass is 10.1. The minimum absolute atomic E-state index is 0.0933. The van der Waals surface area contributed by atoms with Crippen molar-refractivity contribution in [1.82, 2.24) is 0 Å². The van der Waals surface area contributed by atoms with Crippen LogP contribution in [0.5, 0.6) is 0 Å². The van der Waals surface area contributed by atoms with Gasteiger partial charge in [0, 0.05) is 13.2 Å². The number of aromatic carboxylic acids is 1. The molecule has 0 radical (unpaired) electrons. The molecule has 0 amide bonds. The minimum atomic E-state index is -1.37. The summed E-state index contributed by atoms with van der Waals surface area (Å²) in [6.45, 7) is 0.455. The fraction of sp³-hybridized carbons (Fsp3) is 0.417. The molecule has 0 fully saturated rings. The number of rotatable bonds is 7. The number of aliphatic hydroxyl groups excluding tert-OH is 1. The van der Waals surface area contributed by atoms with E-state index in [4.69, 9.17) is 10.2 Å². The van der Waals surface area contributed by atoms with Gasteiger partial charge in [0.2, 0.25) is 0 Å². The molecule has 0 spiro atoms. The third-order valence-electron chi connectivity index (χ3n) is 2.43. The number of aliphatic hydroxyl groups is 1. The molecule has 18 heavy (non-hydrogen) atoms. The lowest BCUT2D eigenvalue weighted by Crippen LogP contribution is -2.08. The van der Waals surface area contributed by atoms with Gasteiger partial charge in [-0.15, -0.1) is 0 Å². The molecule has 0 bridgehead atoms. The predicted molar refractivity (Wildman–Crippen MR) is 62.7 cm³/mol. The lowest BCUT2D eigenvalue weighted by molar-refractivity contribution is 0.0696. The number of carbonyl (C=O) groups is 1. The molecule has 0 saturated heterocycles. The summed E-state index contributed by atoms with van der Waals surface area (Å²) < 4.78 is 26.9. The lowest BCUT2D eigenvalue weighted by Gasteiger charge is -2.09. The fourth-order valence-corrected chi connectivity index (χ4v) is 1.49. The Morgan fingerprint density at radius 3 is 2.28 bits per heavy atom. The predicted octanol–water partition coefficient (Wildman–Crippen LogP) is 2.24. The van der Waals surface area contributed by atoms with Crippen LogP contribution in [0.2, 0.25) is 0 Å². The van der Waals surface area contributed by atoms with Gasteiger partial charge < -0.3 is 15.5 Å². The van der Waals surface area contributed by atoms with Crippen molar-refractivity contribution in [2.24, 2.45) is 0 Å². The van der Waals surface area contributed by atoms with Crippen LogP contribution in [-0.2, 0) is 0 Å². The molecule has 0 unspecified atom stereocenters. The van der Waals surface area contributed by atoms with Crippen molar-refractivity contribution < 1.29 is 23.8 Å². The number of unbranched alkanes of at least 4 members (excludes halogenated alkanes) is 2. The first-order valence-electron chi connectivity index (χ1n) is 5.63. The van der Waals surface area contributed by atoms with E-state index in [1.54, 1.807) is 0 Å². The van der Waals surface area contributed by atoms with Crippen molar-refractivity contribution in [3.05, 3.63) is 29.3 Å². The van der Waals surface area contributed by atoms with E-state index in [1.165, 1.54) is 0 Å². The van der Waals surface area contributed by atoms with Gasteiger partial charge in [-0.2, -0.15) is 0 Å². The maximum Gasteiger partial charge on any atom is 0.335 e.